The lowest BCUT2D eigenvalue weighted by Gasteiger charge is -2.10. The van der Waals surface area contributed by atoms with Gasteiger partial charge in [-0.05, 0) is 24.6 Å². The average molecular weight is 248 g/mol. The molecule has 2 aromatic rings. The van der Waals surface area contributed by atoms with Crippen LogP contribution in [0.4, 0.5) is 5.69 Å². The number of rotatable bonds is 4. The van der Waals surface area contributed by atoms with E-state index in [1.165, 1.54) is 0 Å². The Balaban J connectivity index is 2.16. The van der Waals surface area contributed by atoms with Crippen molar-refractivity contribution in [3.05, 3.63) is 45.9 Å². The maximum Gasteiger partial charge on any atom is 0.336 e. The minimum atomic E-state index is -0.903. The maximum atomic E-state index is 11.0. The van der Waals surface area contributed by atoms with Gasteiger partial charge in [-0.2, -0.15) is 0 Å². The Morgan fingerprint density at radius 1 is 1.53 bits per heavy atom. The molecule has 0 aliphatic carbocycles. The topological polar surface area (TPSA) is 62.2 Å². The lowest BCUT2D eigenvalue weighted by molar-refractivity contribution is 0.0696. The average Bonchev–Trinajstić information content (AvgIpc) is 2.80. The third kappa shape index (κ3) is 2.62. The van der Waals surface area contributed by atoms with Gasteiger partial charge in [0, 0.05) is 11.1 Å². The Bertz CT molecular complexity index is 523. The van der Waals surface area contributed by atoms with E-state index in [0.29, 0.717) is 12.1 Å². The molecule has 0 amide bonds. The van der Waals surface area contributed by atoms with Crippen LogP contribution in [0.2, 0.25) is 0 Å². The molecule has 1 aromatic carbocycles. The van der Waals surface area contributed by atoms with Gasteiger partial charge in [-0.25, -0.2) is 9.78 Å². The van der Waals surface area contributed by atoms with Crippen LogP contribution < -0.4 is 5.32 Å². The Hall–Kier alpha value is -1.88. The number of benzene rings is 1. The van der Waals surface area contributed by atoms with Crippen molar-refractivity contribution in [1.82, 2.24) is 4.98 Å². The number of aromatic nitrogens is 1. The molecule has 17 heavy (non-hydrogen) atoms. The zero-order valence-corrected chi connectivity index (χ0v) is 10.1. The fraction of sp³-hybridized carbons (Fsp3) is 0.167. The molecule has 1 heterocycles. The van der Waals surface area contributed by atoms with Crippen LogP contribution in [-0.2, 0) is 6.54 Å². The highest BCUT2D eigenvalue weighted by molar-refractivity contribution is 7.07. The van der Waals surface area contributed by atoms with Gasteiger partial charge in [-0.3, -0.25) is 0 Å². The van der Waals surface area contributed by atoms with Crippen molar-refractivity contribution in [1.29, 1.82) is 0 Å². The van der Waals surface area contributed by atoms with Crippen molar-refractivity contribution in [2.45, 2.75) is 13.5 Å². The molecule has 0 aliphatic rings. The summed E-state index contributed by atoms with van der Waals surface area (Å²) in [5.74, 6) is -0.903. The molecule has 0 aliphatic heterocycles. The summed E-state index contributed by atoms with van der Waals surface area (Å²) in [5, 5.41) is 14.2. The SMILES string of the molecule is Cc1c(NCc2cscn2)cccc1C(=O)O. The minimum Gasteiger partial charge on any atom is -0.478 e. The minimum absolute atomic E-state index is 0.327. The number of thiazole rings is 1. The summed E-state index contributed by atoms with van der Waals surface area (Å²) in [6.45, 7) is 2.40. The van der Waals surface area contributed by atoms with E-state index in [9.17, 15) is 4.79 Å². The van der Waals surface area contributed by atoms with Crippen molar-refractivity contribution >= 4 is 23.0 Å². The summed E-state index contributed by atoms with van der Waals surface area (Å²) in [6.07, 6.45) is 0. The number of carboxylic acids is 1. The second-order valence-electron chi connectivity index (χ2n) is 3.62. The third-order valence-corrected chi connectivity index (χ3v) is 3.14. The molecule has 0 spiro atoms. The number of hydrogen-bond donors (Lipinski definition) is 2. The van der Waals surface area contributed by atoms with Gasteiger partial charge in [0.25, 0.3) is 0 Å². The Kier molecular flexibility index (Phi) is 3.39. The molecule has 4 nitrogen and oxygen atoms in total. The van der Waals surface area contributed by atoms with E-state index in [2.05, 4.69) is 10.3 Å². The number of nitrogens with one attached hydrogen (secondary N) is 1. The first-order valence-electron chi connectivity index (χ1n) is 5.12. The number of aromatic carboxylic acids is 1. The van der Waals surface area contributed by atoms with E-state index in [4.69, 9.17) is 5.11 Å². The zero-order valence-electron chi connectivity index (χ0n) is 9.30. The summed E-state index contributed by atoms with van der Waals surface area (Å²) in [5.41, 5.74) is 4.63. The van der Waals surface area contributed by atoms with Gasteiger partial charge in [0.1, 0.15) is 0 Å². The first-order chi connectivity index (χ1) is 8.18. The van der Waals surface area contributed by atoms with E-state index < -0.39 is 5.97 Å². The van der Waals surface area contributed by atoms with Gasteiger partial charge in [0.05, 0.1) is 23.3 Å². The molecule has 0 radical (unpaired) electrons. The molecule has 0 fully saturated rings. The van der Waals surface area contributed by atoms with Crippen LogP contribution in [-0.4, -0.2) is 16.1 Å². The molecule has 0 saturated heterocycles. The predicted octanol–water partition coefficient (Wildman–Crippen LogP) is 2.76. The van der Waals surface area contributed by atoms with Crippen LogP contribution in [0.1, 0.15) is 21.6 Å². The van der Waals surface area contributed by atoms with Crippen LogP contribution in [0, 0.1) is 6.92 Å². The van der Waals surface area contributed by atoms with E-state index in [1.807, 2.05) is 11.4 Å². The molecule has 5 heteroatoms. The number of nitrogens with zero attached hydrogens (tertiary/aromatic N) is 1. The summed E-state index contributed by atoms with van der Waals surface area (Å²) in [7, 11) is 0. The molecule has 2 rings (SSSR count). The zero-order chi connectivity index (χ0) is 12.3. The van der Waals surface area contributed by atoms with Crippen LogP contribution >= 0.6 is 11.3 Å². The molecular formula is C12H12N2O2S. The quantitative estimate of drug-likeness (QED) is 0.873. The summed E-state index contributed by atoms with van der Waals surface area (Å²) < 4.78 is 0. The Labute approximate surface area is 103 Å². The molecule has 0 unspecified atom stereocenters. The highest BCUT2D eigenvalue weighted by Gasteiger charge is 2.09. The maximum absolute atomic E-state index is 11.0. The molecule has 2 N–H and O–H groups in total. The molecule has 0 saturated carbocycles. The second kappa shape index (κ2) is 4.97. The van der Waals surface area contributed by atoms with Crippen LogP contribution in [0.5, 0.6) is 0 Å². The summed E-state index contributed by atoms with van der Waals surface area (Å²) in [4.78, 5) is 15.1. The molecule has 0 atom stereocenters. The van der Waals surface area contributed by atoms with Crippen molar-refractivity contribution < 1.29 is 9.90 Å². The number of carboxylic acid groups (broad SMARTS) is 1. The normalized spacial score (nSPS) is 10.2. The number of hydrogen-bond acceptors (Lipinski definition) is 4. The predicted molar refractivity (Wildman–Crippen MR) is 67.6 cm³/mol. The second-order valence-corrected chi connectivity index (χ2v) is 4.34. The molecular weight excluding hydrogens is 236 g/mol. The smallest absolute Gasteiger partial charge is 0.336 e. The van der Waals surface area contributed by atoms with Crippen LogP contribution in [0.3, 0.4) is 0 Å². The van der Waals surface area contributed by atoms with Crippen molar-refractivity contribution in [3.8, 4) is 0 Å². The molecule has 88 valence electrons. The Morgan fingerprint density at radius 3 is 3.00 bits per heavy atom. The van der Waals surface area contributed by atoms with Gasteiger partial charge >= 0.3 is 5.97 Å². The van der Waals surface area contributed by atoms with E-state index in [1.54, 1.807) is 35.9 Å². The first kappa shape index (κ1) is 11.6. The van der Waals surface area contributed by atoms with E-state index in [0.717, 1.165) is 16.9 Å². The summed E-state index contributed by atoms with van der Waals surface area (Å²) in [6, 6.07) is 5.21. The van der Waals surface area contributed by atoms with Gasteiger partial charge in [-0.15, -0.1) is 11.3 Å². The van der Waals surface area contributed by atoms with Crippen molar-refractivity contribution in [2.24, 2.45) is 0 Å². The standard InChI is InChI=1S/C12H12N2O2S/c1-8-10(12(15)16)3-2-4-11(8)13-5-9-6-17-7-14-9/h2-4,6-7,13H,5H2,1H3,(H,15,16). The highest BCUT2D eigenvalue weighted by Crippen LogP contribution is 2.19. The van der Waals surface area contributed by atoms with Crippen molar-refractivity contribution in [2.75, 3.05) is 5.32 Å². The van der Waals surface area contributed by atoms with Gasteiger partial charge in [-0.1, -0.05) is 6.07 Å². The lowest BCUT2D eigenvalue weighted by Crippen LogP contribution is -2.05. The number of carbonyl (C=O) groups is 1. The van der Waals surface area contributed by atoms with Gasteiger partial charge in [0.2, 0.25) is 0 Å². The molecule has 1 aromatic heterocycles. The molecule has 0 bridgehead atoms. The van der Waals surface area contributed by atoms with E-state index >= 15 is 0 Å². The highest BCUT2D eigenvalue weighted by atomic mass is 32.1. The first-order valence-corrected chi connectivity index (χ1v) is 6.06. The van der Waals surface area contributed by atoms with E-state index in [-0.39, 0.29) is 0 Å². The Morgan fingerprint density at radius 2 is 2.35 bits per heavy atom. The van der Waals surface area contributed by atoms with Gasteiger partial charge in [0.15, 0.2) is 0 Å². The fourth-order valence-corrected chi connectivity index (χ4v) is 2.13. The lowest BCUT2D eigenvalue weighted by atomic mass is 10.1. The van der Waals surface area contributed by atoms with Gasteiger partial charge < -0.3 is 10.4 Å². The van der Waals surface area contributed by atoms with Crippen LogP contribution in [0.25, 0.3) is 0 Å². The number of anilines is 1. The third-order valence-electron chi connectivity index (χ3n) is 2.51. The van der Waals surface area contributed by atoms with Crippen molar-refractivity contribution in [3.63, 3.8) is 0 Å². The monoisotopic (exact) mass is 248 g/mol. The largest absolute Gasteiger partial charge is 0.478 e. The van der Waals surface area contributed by atoms with Crippen LogP contribution in [0.15, 0.2) is 29.1 Å². The summed E-state index contributed by atoms with van der Waals surface area (Å²) >= 11 is 1.54. The fourth-order valence-electron chi connectivity index (χ4n) is 1.57.